The summed E-state index contributed by atoms with van der Waals surface area (Å²) in [5.41, 5.74) is 1.15. The van der Waals surface area contributed by atoms with Crippen LogP contribution in [0.2, 0.25) is 0 Å². The van der Waals surface area contributed by atoms with Crippen molar-refractivity contribution in [2.24, 2.45) is 0 Å². The van der Waals surface area contributed by atoms with Crippen LogP contribution >= 0.6 is 11.8 Å². The molecule has 0 spiro atoms. The van der Waals surface area contributed by atoms with Crippen LogP contribution in [-0.2, 0) is 9.59 Å². The lowest BCUT2D eigenvalue weighted by molar-refractivity contribution is -0.115. The third-order valence-corrected chi connectivity index (χ3v) is 4.44. The number of anilines is 2. The minimum Gasteiger partial charge on any atom is -0.497 e. The van der Waals surface area contributed by atoms with E-state index < -0.39 is 5.25 Å². The third kappa shape index (κ3) is 6.11. The summed E-state index contributed by atoms with van der Waals surface area (Å²) in [6.07, 6.45) is 0. The van der Waals surface area contributed by atoms with Gasteiger partial charge < -0.3 is 15.4 Å². The molecule has 25 heavy (non-hydrogen) atoms. The summed E-state index contributed by atoms with van der Waals surface area (Å²) in [5.74, 6) is -0.0539. The van der Waals surface area contributed by atoms with Gasteiger partial charge in [-0.3, -0.25) is 9.59 Å². The van der Waals surface area contributed by atoms with E-state index in [-0.39, 0.29) is 23.4 Å². The molecule has 0 fully saturated rings. The monoisotopic (exact) mass is 362 g/mol. The van der Waals surface area contributed by atoms with Crippen LogP contribution in [0.4, 0.5) is 15.8 Å². The first kappa shape index (κ1) is 18.8. The van der Waals surface area contributed by atoms with Crippen molar-refractivity contribution >= 4 is 35.0 Å². The molecule has 2 aromatic rings. The Morgan fingerprint density at radius 3 is 2.52 bits per heavy atom. The van der Waals surface area contributed by atoms with Gasteiger partial charge in [0.1, 0.15) is 11.6 Å². The van der Waals surface area contributed by atoms with Crippen molar-refractivity contribution in [3.05, 3.63) is 54.3 Å². The number of thioether (sulfide) groups is 1. The number of rotatable bonds is 7. The Morgan fingerprint density at radius 1 is 1.12 bits per heavy atom. The topological polar surface area (TPSA) is 67.4 Å². The molecule has 2 aromatic carbocycles. The Morgan fingerprint density at radius 2 is 1.84 bits per heavy atom. The molecule has 1 atom stereocenters. The van der Waals surface area contributed by atoms with Crippen molar-refractivity contribution in [3.8, 4) is 5.75 Å². The standard InChI is InChI=1S/C18H19FN2O3S/c1-12(18(23)21-15-4-3-5-16(10-15)24-2)25-11-17(22)20-14-8-6-13(19)7-9-14/h3-10,12H,11H2,1-2H3,(H,20,22)(H,21,23). The molecule has 0 bridgehead atoms. The van der Waals surface area contributed by atoms with Crippen LogP contribution in [0, 0.1) is 5.82 Å². The number of ether oxygens (including phenoxy) is 1. The van der Waals surface area contributed by atoms with Gasteiger partial charge >= 0.3 is 0 Å². The molecular formula is C18H19FN2O3S. The first-order valence-electron chi connectivity index (χ1n) is 7.60. The van der Waals surface area contributed by atoms with Crippen LogP contribution in [0.5, 0.6) is 5.75 Å². The molecule has 7 heteroatoms. The average molecular weight is 362 g/mol. The van der Waals surface area contributed by atoms with Crippen LogP contribution in [0.1, 0.15) is 6.92 Å². The Bertz CT molecular complexity index is 737. The van der Waals surface area contributed by atoms with Gasteiger partial charge in [0.25, 0.3) is 0 Å². The number of halogens is 1. The molecule has 0 saturated carbocycles. The highest BCUT2D eigenvalue weighted by Crippen LogP contribution is 2.19. The van der Waals surface area contributed by atoms with Crippen LogP contribution in [0.15, 0.2) is 48.5 Å². The summed E-state index contributed by atoms with van der Waals surface area (Å²) in [5, 5.41) is 5.02. The zero-order chi connectivity index (χ0) is 18.2. The second-order valence-corrected chi connectivity index (χ2v) is 6.56. The van der Waals surface area contributed by atoms with E-state index in [0.717, 1.165) is 0 Å². The molecule has 0 radical (unpaired) electrons. The number of benzene rings is 2. The van der Waals surface area contributed by atoms with Gasteiger partial charge in [0, 0.05) is 17.4 Å². The summed E-state index contributed by atoms with van der Waals surface area (Å²) in [4.78, 5) is 24.1. The van der Waals surface area contributed by atoms with Crippen molar-refractivity contribution in [1.82, 2.24) is 0 Å². The van der Waals surface area contributed by atoms with E-state index in [0.29, 0.717) is 17.1 Å². The molecule has 2 amide bonds. The maximum Gasteiger partial charge on any atom is 0.237 e. The molecule has 0 aliphatic carbocycles. The van der Waals surface area contributed by atoms with Crippen molar-refractivity contribution in [3.63, 3.8) is 0 Å². The smallest absolute Gasteiger partial charge is 0.237 e. The third-order valence-electron chi connectivity index (χ3n) is 3.30. The van der Waals surface area contributed by atoms with Crippen molar-refractivity contribution in [2.75, 3.05) is 23.5 Å². The first-order chi connectivity index (χ1) is 12.0. The van der Waals surface area contributed by atoms with Gasteiger partial charge in [-0.25, -0.2) is 4.39 Å². The van der Waals surface area contributed by atoms with Crippen molar-refractivity contribution in [1.29, 1.82) is 0 Å². The van der Waals surface area contributed by atoms with E-state index in [1.165, 1.54) is 36.0 Å². The predicted molar refractivity (Wildman–Crippen MR) is 98.6 cm³/mol. The van der Waals surface area contributed by atoms with Gasteiger partial charge in [-0.05, 0) is 43.3 Å². The van der Waals surface area contributed by atoms with Crippen molar-refractivity contribution < 1.29 is 18.7 Å². The van der Waals surface area contributed by atoms with E-state index in [9.17, 15) is 14.0 Å². The highest BCUT2D eigenvalue weighted by molar-refractivity contribution is 8.01. The van der Waals surface area contributed by atoms with Crippen molar-refractivity contribution in [2.45, 2.75) is 12.2 Å². The maximum absolute atomic E-state index is 12.8. The first-order valence-corrected chi connectivity index (χ1v) is 8.65. The molecule has 0 saturated heterocycles. The Labute approximate surface area is 150 Å². The zero-order valence-corrected chi connectivity index (χ0v) is 14.7. The SMILES string of the molecule is COc1cccc(NC(=O)C(C)SCC(=O)Nc2ccc(F)cc2)c1. The Balaban J connectivity index is 1.80. The number of methoxy groups -OCH3 is 1. The number of hydrogen-bond donors (Lipinski definition) is 2. The molecule has 0 heterocycles. The molecule has 2 rings (SSSR count). The van der Waals surface area contributed by atoms with Gasteiger partial charge in [0.15, 0.2) is 0 Å². The average Bonchev–Trinajstić information content (AvgIpc) is 2.61. The molecule has 0 aliphatic heterocycles. The zero-order valence-electron chi connectivity index (χ0n) is 13.9. The molecule has 0 aliphatic rings. The maximum atomic E-state index is 12.8. The fraction of sp³-hybridized carbons (Fsp3) is 0.222. The molecule has 0 aromatic heterocycles. The summed E-state index contributed by atoms with van der Waals surface area (Å²) in [6.45, 7) is 1.73. The lowest BCUT2D eigenvalue weighted by Gasteiger charge is -2.12. The minimum atomic E-state index is -0.412. The second kappa shape index (κ2) is 9.08. The normalized spacial score (nSPS) is 11.5. The van der Waals surface area contributed by atoms with E-state index in [4.69, 9.17) is 4.74 Å². The van der Waals surface area contributed by atoms with E-state index in [2.05, 4.69) is 10.6 Å². The largest absolute Gasteiger partial charge is 0.497 e. The molecule has 1 unspecified atom stereocenters. The summed E-state index contributed by atoms with van der Waals surface area (Å²) < 4.78 is 17.9. The lowest BCUT2D eigenvalue weighted by Crippen LogP contribution is -2.25. The second-order valence-electron chi connectivity index (χ2n) is 5.23. The van der Waals surface area contributed by atoms with Crippen LogP contribution in [0.3, 0.4) is 0 Å². The van der Waals surface area contributed by atoms with Gasteiger partial charge in [-0.15, -0.1) is 11.8 Å². The lowest BCUT2D eigenvalue weighted by atomic mass is 10.3. The summed E-state index contributed by atoms with van der Waals surface area (Å²) in [6, 6.07) is 12.6. The van der Waals surface area contributed by atoms with Gasteiger partial charge in [0.05, 0.1) is 18.1 Å². The van der Waals surface area contributed by atoms with Crippen LogP contribution in [-0.4, -0.2) is 29.9 Å². The highest BCUT2D eigenvalue weighted by Gasteiger charge is 2.15. The minimum absolute atomic E-state index is 0.115. The number of carbonyl (C=O) groups excluding carboxylic acids is 2. The highest BCUT2D eigenvalue weighted by atomic mass is 32.2. The Kier molecular flexibility index (Phi) is 6.82. The van der Waals surface area contributed by atoms with E-state index in [1.54, 1.807) is 38.3 Å². The Hall–Kier alpha value is -2.54. The number of carbonyl (C=O) groups is 2. The summed E-state index contributed by atoms with van der Waals surface area (Å²) >= 11 is 1.21. The van der Waals surface area contributed by atoms with Crippen LogP contribution < -0.4 is 15.4 Å². The molecule has 5 nitrogen and oxygen atoms in total. The number of hydrogen-bond acceptors (Lipinski definition) is 4. The van der Waals surface area contributed by atoms with Crippen LogP contribution in [0.25, 0.3) is 0 Å². The van der Waals surface area contributed by atoms with Gasteiger partial charge in [0.2, 0.25) is 11.8 Å². The van der Waals surface area contributed by atoms with E-state index in [1.807, 2.05) is 0 Å². The predicted octanol–water partition coefficient (Wildman–Crippen LogP) is 3.53. The van der Waals surface area contributed by atoms with E-state index >= 15 is 0 Å². The molecule has 132 valence electrons. The number of amides is 2. The number of nitrogens with one attached hydrogen (secondary N) is 2. The summed E-state index contributed by atoms with van der Waals surface area (Å²) in [7, 11) is 1.55. The fourth-order valence-electron chi connectivity index (χ4n) is 1.95. The van der Waals surface area contributed by atoms with Gasteiger partial charge in [-0.1, -0.05) is 6.07 Å². The molecule has 2 N–H and O–H groups in total. The molecular weight excluding hydrogens is 343 g/mol. The quantitative estimate of drug-likeness (QED) is 0.791. The van der Waals surface area contributed by atoms with Gasteiger partial charge in [-0.2, -0.15) is 0 Å². The fourth-order valence-corrected chi connectivity index (χ4v) is 2.64.